The number of aliphatic hydroxyl groups is 1. The van der Waals surface area contributed by atoms with Crippen LogP contribution < -0.4 is 20.0 Å². The van der Waals surface area contributed by atoms with Crippen LogP contribution in [0.1, 0.15) is 55.4 Å². The molecule has 1 aliphatic carbocycles. The number of hydrogen-bond acceptors (Lipinski definition) is 9. The normalized spacial score (nSPS) is 21.6. The third-order valence-corrected chi connectivity index (χ3v) is 8.16. The molecule has 0 radical (unpaired) electrons. The van der Waals surface area contributed by atoms with Gasteiger partial charge in [0.25, 0.3) is 0 Å². The zero-order chi connectivity index (χ0) is 31.3. The van der Waals surface area contributed by atoms with Crippen molar-refractivity contribution in [3.05, 3.63) is 57.9 Å². The van der Waals surface area contributed by atoms with Crippen LogP contribution in [0.25, 0.3) is 11.0 Å². The number of Topliss-reactive ketones (excluding diaryl/α,β-unsaturated/α-hetero) is 1. The van der Waals surface area contributed by atoms with Gasteiger partial charge < -0.3 is 33.9 Å². The summed E-state index contributed by atoms with van der Waals surface area (Å²) in [4.78, 5) is 55.0. The summed E-state index contributed by atoms with van der Waals surface area (Å²) in [5.41, 5.74) is -2.34. The van der Waals surface area contributed by atoms with Crippen molar-refractivity contribution in [2.75, 3.05) is 36.0 Å². The molecule has 232 valence electrons. The average Bonchev–Trinajstić information content (AvgIpc) is 3.64. The van der Waals surface area contributed by atoms with Crippen LogP contribution in [0.4, 0.5) is 25.1 Å². The summed E-state index contributed by atoms with van der Waals surface area (Å²) < 4.78 is 42.7. The molecule has 44 heavy (non-hydrogen) atoms. The van der Waals surface area contributed by atoms with Gasteiger partial charge in [0.05, 0.1) is 24.2 Å². The molecule has 3 aliphatic rings. The smallest absolute Gasteiger partial charge is 0.414 e. The molecule has 1 amide bonds. The Labute approximate surface area is 249 Å². The van der Waals surface area contributed by atoms with Crippen molar-refractivity contribution in [2.45, 2.75) is 56.8 Å². The van der Waals surface area contributed by atoms with E-state index in [1.54, 1.807) is 4.57 Å². The van der Waals surface area contributed by atoms with Crippen molar-refractivity contribution in [1.82, 2.24) is 9.55 Å². The number of ether oxygens (including phenoxy) is 2. The number of carboxylic acid groups (broad SMARTS) is 1. The van der Waals surface area contributed by atoms with Crippen LogP contribution in [0.15, 0.2) is 35.3 Å². The van der Waals surface area contributed by atoms with E-state index < -0.39 is 46.4 Å². The van der Waals surface area contributed by atoms with E-state index in [2.05, 4.69) is 4.98 Å². The van der Waals surface area contributed by atoms with Gasteiger partial charge in [0, 0.05) is 31.3 Å². The fraction of sp³-hybridized carbons (Fsp3) is 0.433. The van der Waals surface area contributed by atoms with Crippen molar-refractivity contribution in [3.63, 3.8) is 0 Å². The number of aromatic nitrogens is 2. The number of nitrogens with zero attached hydrogens (tertiary/aromatic N) is 4. The highest BCUT2D eigenvalue weighted by Gasteiger charge is 2.39. The first kappa shape index (κ1) is 29.5. The molecular weight excluding hydrogens is 582 g/mol. The van der Waals surface area contributed by atoms with Gasteiger partial charge in [-0.1, -0.05) is 0 Å². The topological polar surface area (TPSA) is 151 Å². The number of ketones is 1. The van der Waals surface area contributed by atoms with Gasteiger partial charge in [0.2, 0.25) is 5.43 Å². The fourth-order valence-corrected chi connectivity index (χ4v) is 5.63. The summed E-state index contributed by atoms with van der Waals surface area (Å²) >= 11 is 0. The molecular formula is C30H30F2N4O8. The van der Waals surface area contributed by atoms with E-state index in [0.717, 1.165) is 25.0 Å². The number of rotatable bonds is 10. The Kier molecular flexibility index (Phi) is 7.48. The second kappa shape index (κ2) is 11.2. The van der Waals surface area contributed by atoms with Gasteiger partial charge in [-0.05, 0) is 50.8 Å². The maximum absolute atomic E-state index is 15.3. The predicted octanol–water partition coefficient (Wildman–Crippen LogP) is 3.42. The quantitative estimate of drug-likeness (QED) is 0.349. The third-order valence-electron chi connectivity index (χ3n) is 8.16. The molecule has 6 rings (SSSR count). The molecule has 2 atom stereocenters. The van der Waals surface area contributed by atoms with E-state index in [1.165, 1.54) is 35.1 Å². The van der Waals surface area contributed by atoms with Gasteiger partial charge in [0.1, 0.15) is 35.3 Å². The lowest BCUT2D eigenvalue weighted by atomic mass is 10.1. The molecule has 14 heteroatoms. The number of benzene rings is 1. The highest BCUT2D eigenvalue weighted by Crippen LogP contribution is 2.38. The van der Waals surface area contributed by atoms with Crippen LogP contribution in [0, 0.1) is 11.6 Å². The lowest BCUT2D eigenvalue weighted by Gasteiger charge is -2.25. The molecule has 2 aliphatic heterocycles. The molecule has 2 aromatic heterocycles. The minimum absolute atomic E-state index is 0.0200. The van der Waals surface area contributed by atoms with Gasteiger partial charge >= 0.3 is 12.1 Å². The predicted molar refractivity (Wildman–Crippen MR) is 152 cm³/mol. The van der Waals surface area contributed by atoms with Crippen LogP contribution in [0.5, 0.6) is 5.75 Å². The first-order valence-electron chi connectivity index (χ1n) is 14.3. The lowest BCUT2D eigenvalue weighted by molar-refractivity contribution is -0.117. The van der Waals surface area contributed by atoms with Crippen LogP contribution in [0.3, 0.4) is 0 Å². The van der Waals surface area contributed by atoms with Crippen molar-refractivity contribution in [2.24, 2.45) is 0 Å². The summed E-state index contributed by atoms with van der Waals surface area (Å²) in [6.07, 6.45) is 2.47. The Morgan fingerprint density at radius 1 is 1.18 bits per heavy atom. The maximum Gasteiger partial charge on any atom is 0.414 e. The average molecular weight is 613 g/mol. The number of halogens is 2. The second-order valence-electron chi connectivity index (χ2n) is 11.6. The van der Waals surface area contributed by atoms with Crippen LogP contribution >= 0.6 is 0 Å². The van der Waals surface area contributed by atoms with Gasteiger partial charge in [-0.25, -0.2) is 23.4 Å². The zero-order valence-electron chi connectivity index (χ0n) is 23.8. The molecule has 3 fully saturated rings. The first-order chi connectivity index (χ1) is 20.9. The van der Waals surface area contributed by atoms with Gasteiger partial charge in [-0.2, -0.15) is 0 Å². The summed E-state index contributed by atoms with van der Waals surface area (Å²) in [5, 5.41) is 20.5. The SMILES string of the molecule is CC(=O)CC[C@H]1CN(c2ccc(OCC3(O)CCN(c4nc5c(cc4F)c(=O)c(C(=O)O)cn5C4CC4)C3)c(F)c2)C(=O)O1. The highest BCUT2D eigenvalue weighted by atomic mass is 19.1. The number of aromatic carboxylic acids is 1. The number of carboxylic acids is 1. The third kappa shape index (κ3) is 5.68. The number of fused-ring (bicyclic) bond motifs is 1. The minimum atomic E-state index is -1.49. The fourth-order valence-electron chi connectivity index (χ4n) is 5.63. The number of cyclic esters (lactones) is 1. The molecule has 2 saturated heterocycles. The van der Waals surface area contributed by atoms with Crippen molar-refractivity contribution >= 4 is 40.4 Å². The second-order valence-corrected chi connectivity index (χ2v) is 11.6. The van der Waals surface area contributed by atoms with Gasteiger partial charge in [-0.15, -0.1) is 0 Å². The number of hydrogen-bond donors (Lipinski definition) is 2. The molecule has 12 nitrogen and oxygen atoms in total. The first-order valence-corrected chi connectivity index (χ1v) is 14.3. The molecule has 0 bridgehead atoms. The standard InChI is InChI=1S/C30H30F2N4O8/c1-16(37)2-6-19-12-36(29(41)44-19)18-5-7-24(22(31)10-18)43-15-30(42)8-9-34(14-30)27-23(32)11-20-25(38)21(28(39)40)13-35(17-3-4-17)26(20)33-27/h5,7,10-11,13,17,19,42H,2-4,6,8-9,12,14-15H2,1H3,(H,39,40)/t19-,30?/m0/s1. The number of anilines is 2. The zero-order valence-corrected chi connectivity index (χ0v) is 23.8. The summed E-state index contributed by atoms with van der Waals surface area (Å²) in [7, 11) is 0. The number of carbonyl (C=O) groups is 3. The molecule has 1 saturated carbocycles. The summed E-state index contributed by atoms with van der Waals surface area (Å²) in [6.45, 7) is 1.42. The molecule has 1 aromatic carbocycles. The maximum atomic E-state index is 15.3. The van der Waals surface area contributed by atoms with Crippen LogP contribution in [0.2, 0.25) is 0 Å². The van der Waals surface area contributed by atoms with Crippen molar-refractivity contribution in [1.29, 1.82) is 0 Å². The van der Waals surface area contributed by atoms with E-state index >= 15 is 4.39 Å². The lowest BCUT2D eigenvalue weighted by Crippen LogP contribution is -2.39. The van der Waals surface area contributed by atoms with Crippen molar-refractivity contribution < 1.29 is 42.9 Å². The number of carbonyl (C=O) groups excluding carboxylic acids is 2. The molecule has 4 heterocycles. The van der Waals surface area contributed by atoms with E-state index in [0.29, 0.717) is 6.42 Å². The van der Waals surface area contributed by atoms with Crippen LogP contribution in [-0.2, 0) is 9.53 Å². The number of amides is 1. The largest absolute Gasteiger partial charge is 0.487 e. The van der Waals surface area contributed by atoms with E-state index in [9.17, 15) is 33.8 Å². The van der Waals surface area contributed by atoms with E-state index in [4.69, 9.17) is 9.47 Å². The summed E-state index contributed by atoms with van der Waals surface area (Å²) in [6, 6.07) is 4.89. The van der Waals surface area contributed by atoms with Crippen molar-refractivity contribution in [3.8, 4) is 5.75 Å². The monoisotopic (exact) mass is 612 g/mol. The van der Waals surface area contributed by atoms with Gasteiger partial charge in [0.15, 0.2) is 23.2 Å². The Hall–Kier alpha value is -4.59. The Morgan fingerprint density at radius 2 is 1.95 bits per heavy atom. The number of pyridine rings is 2. The van der Waals surface area contributed by atoms with Gasteiger partial charge in [-0.3, -0.25) is 9.69 Å². The van der Waals surface area contributed by atoms with E-state index in [-0.39, 0.29) is 79.2 Å². The Morgan fingerprint density at radius 3 is 2.64 bits per heavy atom. The molecule has 1 unspecified atom stereocenters. The summed E-state index contributed by atoms with van der Waals surface area (Å²) in [5.74, 6) is -3.27. The molecule has 3 aromatic rings. The molecule has 2 N–H and O–H groups in total. The number of β-amino-alcohol motifs (C(OH)–C–C–N with tert-alkyl or cyclic N) is 1. The minimum Gasteiger partial charge on any atom is -0.487 e. The highest BCUT2D eigenvalue weighted by molar-refractivity contribution is 5.92. The van der Waals surface area contributed by atoms with E-state index in [1.807, 2.05) is 0 Å². The molecule has 0 spiro atoms. The Balaban J connectivity index is 1.15. The van der Waals surface area contributed by atoms with Crippen LogP contribution in [-0.4, -0.2) is 75.6 Å². The Bertz CT molecular complexity index is 1740.